The van der Waals surface area contributed by atoms with Crippen LogP contribution < -0.4 is 4.74 Å². The Labute approximate surface area is 167 Å². The Morgan fingerprint density at radius 3 is 2.57 bits per heavy atom. The molecule has 0 aliphatic heterocycles. The van der Waals surface area contributed by atoms with Crippen LogP contribution in [-0.4, -0.2) is 47.8 Å². The summed E-state index contributed by atoms with van der Waals surface area (Å²) in [6.07, 6.45) is 1.01. The number of alkyl halides is 3. The molecule has 0 bridgehead atoms. The Kier molecular flexibility index (Phi) is 4.52. The van der Waals surface area contributed by atoms with Crippen LogP contribution in [0.3, 0.4) is 0 Å². The van der Waals surface area contributed by atoms with Crippen molar-refractivity contribution in [2.75, 3.05) is 7.11 Å². The Hall–Kier alpha value is -3.76. The molecule has 4 aromatic rings. The van der Waals surface area contributed by atoms with Gasteiger partial charge in [-0.1, -0.05) is 0 Å². The van der Waals surface area contributed by atoms with Crippen molar-refractivity contribution in [3.63, 3.8) is 0 Å². The minimum absolute atomic E-state index is 0.0798. The molecule has 156 valence electrons. The van der Waals surface area contributed by atoms with Gasteiger partial charge in [-0.15, -0.1) is 0 Å². The average molecular weight is 419 g/mol. The van der Waals surface area contributed by atoms with Crippen LogP contribution in [0.4, 0.5) is 13.2 Å². The summed E-state index contributed by atoms with van der Waals surface area (Å²) in [4.78, 5) is 8.51. The maximum atomic E-state index is 12.6. The SMILES string of the molecule is COc1ncc(-c2cc(C)c3c(O)n(-c4cnn(CC(F)(F)F)c4)cc3n2)cc1O. The Morgan fingerprint density at radius 2 is 1.90 bits per heavy atom. The first kappa shape index (κ1) is 19.6. The molecule has 0 aliphatic carbocycles. The minimum Gasteiger partial charge on any atom is -0.503 e. The molecule has 0 radical (unpaired) electrons. The molecule has 4 heterocycles. The fourth-order valence-corrected chi connectivity index (χ4v) is 3.22. The zero-order valence-corrected chi connectivity index (χ0v) is 15.8. The summed E-state index contributed by atoms with van der Waals surface area (Å²) in [5.74, 6) is -0.230. The summed E-state index contributed by atoms with van der Waals surface area (Å²) in [5.41, 5.74) is 2.39. The minimum atomic E-state index is -4.41. The molecule has 8 nitrogen and oxygen atoms in total. The van der Waals surface area contributed by atoms with Gasteiger partial charge in [0.2, 0.25) is 5.88 Å². The molecular formula is C19H16F3N5O3. The van der Waals surface area contributed by atoms with Gasteiger partial charge in [0, 0.05) is 24.2 Å². The van der Waals surface area contributed by atoms with E-state index < -0.39 is 12.7 Å². The zero-order valence-electron chi connectivity index (χ0n) is 15.8. The van der Waals surface area contributed by atoms with Crippen molar-refractivity contribution >= 4 is 10.9 Å². The number of pyridine rings is 2. The predicted molar refractivity (Wildman–Crippen MR) is 101 cm³/mol. The van der Waals surface area contributed by atoms with Crippen LogP contribution in [0.1, 0.15) is 5.56 Å². The van der Waals surface area contributed by atoms with E-state index in [0.717, 1.165) is 4.68 Å². The van der Waals surface area contributed by atoms with Gasteiger partial charge in [-0.2, -0.15) is 18.3 Å². The second-order valence-corrected chi connectivity index (χ2v) is 6.67. The van der Waals surface area contributed by atoms with Crippen molar-refractivity contribution < 1.29 is 28.1 Å². The number of aromatic hydroxyl groups is 2. The van der Waals surface area contributed by atoms with Crippen LogP contribution in [0.5, 0.6) is 17.5 Å². The van der Waals surface area contributed by atoms with Gasteiger partial charge in [0.1, 0.15) is 6.54 Å². The van der Waals surface area contributed by atoms with E-state index in [1.807, 2.05) is 0 Å². The van der Waals surface area contributed by atoms with E-state index in [0.29, 0.717) is 27.7 Å². The van der Waals surface area contributed by atoms with E-state index in [1.165, 1.54) is 42.5 Å². The van der Waals surface area contributed by atoms with Crippen molar-refractivity contribution in [1.29, 1.82) is 0 Å². The number of hydrogen-bond acceptors (Lipinski definition) is 6. The maximum absolute atomic E-state index is 12.6. The molecule has 0 aromatic carbocycles. The van der Waals surface area contributed by atoms with Gasteiger partial charge in [0.25, 0.3) is 5.88 Å². The summed E-state index contributed by atoms with van der Waals surface area (Å²) in [6, 6.07) is 3.17. The third-order valence-electron chi connectivity index (χ3n) is 4.51. The van der Waals surface area contributed by atoms with E-state index >= 15 is 0 Å². The van der Waals surface area contributed by atoms with Gasteiger partial charge < -0.3 is 14.9 Å². The summed E-state index contributed by atoms with van der Waals surface area (Å²) >= 11 is 0. The summed E-state index contributed by atoms with van der Waals surface area (Å²) in [6.45, 7) is 0.533. The third kappa shape index (κ3) is 3.49. The van der Waals surface area contributed by atoms with Crippen LogP contribution in [0.25, 0.3) is 27.8 Å². The molecular weight excluding hydrogens is 403 g/mol. The maximum Gasteiger partial charge on any atom is 0.408 e. The molecule has 0 saturated heterocycles. The number of halogens is 3. The van der Waals surface area contributed by atoms with Crippen LogP contribution in [0.2, 0.25) is 0 Å². The van der Waals surface area contributed by atoms with Crippen molar-refractivity contribution in [3.05, 3.63) is 42.5 Å². The lowest BCUT2D eigenvalue weighted by Crippen LogP contribution is -2.17. The van der Waals surface area contributed by atoms with Crippen molar-refractivity contribution in [3.8, 4) is 34.5 Å². The Balaban J connectivity index is 1.77. The molecule has 0 aliphatic rings. The van der Waals surface area contributed by atoms with E-state index in [4.69, 9.17) is 4.74 Å². The van der Waals surface area contributed by atoms with Crippen LogP contribution in [0, 0.1) is 6.92 Å². The number of ether oxygens (including phenoxy) is 1. The molecule has 2 N–H and O–H groups in total. The number of fused-ring (bicyclic) bond motifs is 1. The van der Waals surface area contributed by atoms with Crippen LogP contribution in [0.15, 0.2) is 36.9 Å². The highest BCUT2D eigenvalue weighted by atomic mass is 19.4. The first-order valence-electron chi connectivity index (χ1n) is 8.71. The Morgan fingerprint density at radius 1 is 1.13 bits per heavy atom. The van der Waals surface area contributed by atoms with Gasteiger partial charge in [-0.05, 0) is 24.6 Å². The predicted octanol–water partition coefficient (Wildman–Crippen LogP) is 3.57. The fourth-order valence-electron chi connectivity index (χ4n) is 3.22. The smallest absolute Gasteiger partial charge is 0.408 e. The number of aromatic nitrogens is 5. The van der Waals surface area contributed by atoms with Crippen LogP contribution >= 0.6 is 0 Å². The number of hydrogen-bond donors (Lipinski definition) is 2. The number of rotatable bonds is 4. The molecule has 30 heavy (non-hydrogen) atoms. The lowest BCUT2D eigenvalue weighted by Gasteiger charge is -2.06. The molecule has 0 spiro atoms. The number of nitrogens with zero attached hydrogens (tertiary/aromatic N) is 5. The number of aryl methyl sites for hydroxylation is 1. The molecule has 0 unspecified atom stereocenters. The van der Waals surface area contributed by atoms with E-state index in [-0.39, 0.29) is 23.2 Å². The Bertz CT molecular complexity index is 1250. The van der Waals surface area contributed by atoms with Gasteiger partial charge in [-0.3, -0.25) is 9.25 Å². The highest BCUT2D eigenvalue weighted by Crippen LogP contribution is 2.35. The van der Waals surface area contributed by atoms with Crippen LogP contribution in [-0.2, 0) is 6.54 Å². The van der Waals surface area contributed by atoms with Gasteiger partial charge in [0.15, 0.2) is 5.75 Å². The van der Waals surface area contributed by atoms with E-state index in [2.05, 4.69) is 15.1 Å². The average Bonchev–Trinajstić information content (AvgIpc) is 3.24. The summed E-state index contributed by atoms with van der Waals surface area (Å²) < 4.78 is 44.7. The van der Waals surface area contributed by atoms with Gasteiger partial charge in [0.05, 0.1) is 35.6 Å². The topological polar surface area (TPSA) is 98.2 Å². The molecule has 11 heteroatoms. The van der Waals surface area contributed by atoms with Gasteiger partial charge >= 0.3 is 6.18 Å². The normalized spacial score (nSPS) is 11.9. The molecule has 0 amide bonds. The zero-order chi connectivity index (χ0) is 21.6. The third-order valence-corrected chi connectivity index (χ3v) is 4.51. The van der Waals surface area contributed by atoms with E-state index in [1.54, 1.807) is 13.0 Å². The van der Waals surface area contributed by atoms with Crippen molar-refractivity contribution in [2.45, 2.75) is 19.6 Å². The molecule has 0 saturated carbocycles. The van der Waals surface area contributed by atoms with Gasteiger partial charge in [-0.25, -0.2) is 9.97 Å². The lowest BCUT2D eigenvalue weighted by molar-refractivity contribution is -0.142. The highest BCUT2D eigenvalue weighted by Gasteiger charge is 2.28. The number of methoxy groups -OCH3 is 1. The monoisotopic (exact) mass is 419 g/mol. The molecule has 4 rings (SSSR count). The molecule has 4 aromatic heterocycles. The van der Waals surface area contributed by atoms with Crippen molar-refractivity contribution in [1.82, 2.24) is 24.3 Å². The first-order valence-corrected chi connectivity index (χ1v) is 8.71. The second kappa shape index (κ2) is 6.94. The standard InChI is InChI=1S/C19H16F3N5O3/c1-10-3-13(11-4-15(28)17(30-2)23-5-11)25-14-8-27(18(29)16(10)14)12-6-24-26(7-12)9-19(20,21)22/h3-8,28-29H,9H2,1-2H3. The summed E-state index contributed by atoms with van der Waals surface area (Å²) in [5, 5.41) is 24.8. The first-order chi connectivity index (χ1) is 14.2. The molecule has 0 fully saturated rings. The quantitative estimate of drug-likeness (QED) is 0.525. The van der Waals surface area contributed by atoms with Crippen molar-refractivity contribution in [2.24, 2.45) is 0 Å². The summed E-state index contributed by atoms with van der Waals surface area (Å²) in [7, 11) is 1.39. The largest absolute Gasteiger partial charge is 0.503 e. The van der Waals surface area contributed by atoms with E-state index in [9.17, 15) is 23.4 Å². The highest BCUT2D eigenvalue weighted by molar-refractivity contribution is 5.90. The fraction of sp³-hybridized carbons (Fsp3) is 0.211. The second-order valence-electron chi connectivity index (χ2n) is 6.67. The molecule has 0 atom stereocenters. The lowest BCUT2D eigenvalue weighted by atomic mass is 10.1.